The van der Waals surface area contributed by atoms with E-state index < -0.39 is 9.84 Å². The first-order valence-electron chi connectivity index (χ1n) is 7.34. The number of nitrogens with zero attached hydrogens (tertiary/aromatic N) is 1. The van der Waals surface area contributed by atoms with Gasteiger partial charge in [-0.15, -0.1) is 0 Å². The van der Waals surface area contributed by atoms with Gasteiger partial charge in [0.1, 0.15) is 5.82 Å². The molecule has 0 radical (unpaired) electrons. The van der Waals surface area contributed by atoms with E-state index in [-0.39, 0.29) is 35.6 Å². The highest BCUT2D eigenvalue weighted by Crippen LogP contribution is 2.34. The Balaban J connectivity index is 1.81. The largest absolute Gasteiger partial charge is 0.312 e. The SMILES string of the molecule is O=C(CC1CCS(=O)(=O)C1)N1CCCc2c(F)cc(Br)cc21. The van der Waals surface area contributed by atoms with Crippen LogP contribution in [-0.2, 0) is 21.1 Å². The van der Waals surface area contributed by atoms with Crippen LogP contribution in [0.25, 0.3) is 0 Å². The molecule has 2 heterocycles. The molecule has 1 unspecified atom stereocenters. The lowest BCUT2D eigenvalue weighted by Gasteiger charge is -2.30. The molecular weight excluding hydrogens is 373 g/mol. The van der Waals surface area contributed by atoms with E-state index in [1.54, 1.807) is 11.0 Å². The summed E-state index contributed by atoms with van der Waals surface area (Å²) in [4.78, 5) is 14.2. The number of hydrogen-bond donors (Lipinski definition) is 0. The van der Waals surface area contributed by atoms with Crippen LogP contribution in [0.15, 0.2) is 16.6 Å². The highest BCUT2D eigenvalue weighted by molar-refractivity contribution is 9.10. The minimum Gasteiger partial charge on any atom is -0.312 e. The van der Waals surface area contributed by atoms with Gasteiger partial charge in [0, 0.05) is 23.0 Å². The molecule has 3 rings (SSSR count). The molecule has 1 atom stereocenters. The van der Waals surface area contributed by atoms with Gasteiger partial charge in [0.25, 0.3) is 0 Å². The topological polar surface area (TPSA) is 54.5 Å². The number of sulfone groups is 1. The number of carbonyl (C=O) groups excluding carboxylic acids is 1. The van der Waals surface area contributed by atoms with Gasteiger partial charge in [-0.05, 0) is 37.3 Å². The van der Waals surface area contributed by atoms with Gasteiger partial charge in [-0.3, -0.25) is 4.79 Å². The predicted octanol–water partition coefficient (Wildman–Crippen LogP) is 2.69. The number of hydrogen-bond acceptors (Lipinski definition) is 3. The molecule has 7 heteroatoms. The Kier molecular flexibility index (Phi) is 4.29. The molecule has 0 aromatic heterocycles. The lowest BCUT2D eigenvalue weighted by molar-refractivity contribution is -0.119. The molecule has 1 amide bonds. The van der Waals surface area contributed by atoms with Crippen molar-refractivity contribution >= 4 is 37.4 Å². The van der Waals surface area contributed by atoms with Crippen LogP contribution in [0.4, 0.5) is 10.1 Å². The number of amides is 1. The summed E-state index contributed by atoms with van der Waals surface area (Å²) in [5.74, 6) is -0.265. The quantitative estimate of drug-likeness (QED) is 0.781. The summed E-state index contributed by atoms with van der Waals surface area (Å²) in [5, 5.41) is 0. The van der Waals surface area contributed by atoms with Gasteiger partial charge >= 0.3 is 0 Å². The van der Waals surface area contributed by atoms with Crippen molar-refractivity contribution in [2.24, 2.45) is 5.92 Å². The molecule has 2 aliphatic rings. The number of anilines is 1. The molecule has 4 nitrogen and oxygen atoms in total. The number of halogens is 2. The van der Waals surface area contributed by atoms with Crippen LogP contribution in [0, 0.1) is 11.7 Å². The fraction of sp³-hybridized carbons (Fsp3) is 0.533. The molecule has 0 saturated carbocycles. The van der Waals surface area contributed by atoms with E-state index in [1.807, 2.05) is 0 Å². The van der Waals surface area contributed by atoms with Crippen molar-refractivity contribution in [3.8, 4) is 0 Å². The molecule has 1 saturated heterocycles. The monoisotopic (exact) mass is 389 g/mol. The fourth-order valence-corrected chi connectivity index (χ4v) is 5.54. The Morgan fingerprint density at radius 2 is 2.18 bits per heavy atom. The van der Waals surface area contributed by atoms with E-state index in [4.69, 9.17) is 0 Å². The maximum Gasteiger partial charge on any atom is 0.227 e. The van der Waals surface area contributed by atoms with E-state index in [9.17, 15) is 17.6 Å². The molecular formula is C15H17BrFNO3S. The van der Waals surface area contributed by atoms with Crippen LogP contribution < -0.4 is 4.90 Å². The minimum atomic E-state index is -2.98. The third-order valence-electron chi connectivity index (χ3n) is 4.33. The van der Waals surface area contributed by atoms with Gasteiger partial charge < -0.3 is 4.90 Å². The molecule has 2 aliphatic heterocycles. The Hall–Kier alpha value is -0.950. The van der Waals surface area contributed by atoms with E-state index in [0.29, 0.717) is 35.1 Å². The maximum absolute atomic E-state index is 14.0. The summed E-state index contributed by atoms with van der Waals surface area (Å²) in [6.07, 6.45) is 2.10. The second-order valence-electron chi connectivity index (χ2n) is 6.01. The van der Waals surface area contributed by atoms with E-state index in [0.717, 1.165) is 6.42 Å². The van der Waals surface area contributed by atoms with Crippen LogP contribution in [-0.4, -0.2) is 32.4 Å². The lowest BCUT2D eigenvalue weighted by Crippen LogP contribution is -2.37. The number of carbonyl (C=O) groups is 1. The third kappa shape index (κ3) is 3.20. The Bertz CT molecular complexity index is 720. The molecule has 22 heavy (non-hydrogen) atoms. The van der Waals surface area contributed by atoms with Crippen LogP contribution in [0.2, 0.25) is 0 Å². The van der Waals surface area contributed by atoms with Gasteiger partial charge in [0.15, 0.2) is 9.84 Å². The highest BCUT2D eigenvalue weighted by atomic mass is 79.9. The molecule has 0 spiro atoms. The average molecular weight is 390 g/mol. The number of rotatable bonds is 2. The van der Waals surface area contributed by atoms with Crippen molar-refractivity contribution in [3.05, 3.63) is 28.0 Å². The van der Waals surface area contributed by atoms with Crippen molar-refractivity contribution in [1.29, 1.82) is 0 Å². The summed E-state index contributed by atoms with van der Waals surface area (Å²) >= 11 is 3.26. The minimum absolute atomic E-state index is 0.0896. The van der Waals surface area contributed by atoms with Gasteiger partial charge in [-0.2, -0.15) is 0 Å². The molecule has 0 bridgehead atoms. The Morgan fingerprint density at radius 3 is 2.86 bits per heavy atom. The molecule has 1 aromatic carbocycles. The van der Waals surface area contributed by atoms with Gasteiger partial charge in [0.05, 0.1) is 17.2 Å². The van der Waals surface area contributed by atoms with Gasteiger partial charge in [0.2, 0.25) is 5.91 Å². The zero-order valence-corrected chi connectivity index (χ0v) is 14.4. The Morgan fingerprint density at radius 1 is 1.41 bits per heavy atom. The highest BCUT2D eigenvalue weighted by Gasteiger charge is 2.32. The second-order valence-corrected chi connectivity index (χ2v) is 9.15. The first-order valence-corrected chi connectivity index (χ1v) is 9.96. The van der Waals surface area contributed by atoms with Crippen molar-refractivity contribution < 1.29 is 17.6 Å². The fourth-order valence-electron chi connectivity index (χ4n) is 3.26. The van der Waals surface area contributed by atoms with E-state index in [1.165, 1.54) is 6.07 Å². The molecule has 1 aromatic rings. The molecule has 1 fully saturated rings. The zero-order valence-electron chi connectivity index (χ0n) is 12.0. The van der Waals surface area contributed by atoms with Gasteiger partial charge in [-0.1, -0.05) is 15.9 Å². The third-order valence-corrected chi connectivity index (χ3v) is 6.62. The summed E-state index contributed by atoms with van der Waals surface area (Å²) in [6.45, 7) is 0.557. The van der Waals surface area contributed by atoms with Crippen LogP contribution >= 0.6 is 15.9 Å². The summed E-state index contributed by atoms with van der Waals surface area (Å²) < 4.78 is 37.6. The van der Waals surface area contributed by atoms with Crippen LogP contribution in [0.5, 0.6) is 0 Å². The normalized spacial score (nSPS) is 23.4. The number of benzene rings is 1. The second kappa shape index (κ2) is 5.92. The van der Waals surface area contributed by atoms with E-state index in [2.05, 4.69) is 15.9 Å². The van der Waals surface area contributed by atoms with Crippen molar-refractivity contribution in [1.82, 2.24) is 0 Å². The van der Waals surface area contributed by atoms with Crippen LogP contribution in [0.3, 0.4) is 0 Å². The smallest absolute Gasteiger partial charge is 0.227 e. The maximum atomic E-state index is 14.0. The average Bonchev–Trinajstić information content (AvgIpc) is 2.77. The predicted molar refractivity (Wildman–Crippen MR) is 86.2 cm³/mol. The summed E-state index contributed by atoms with van der Waals surface area (Å²) in [6, 6.07) is 3.18. The van der Waals surface area contributed by atoms with Crippen molar-refractivity contribution in [2.45, 2.75) is 25.7 Å². The van der Waals surface area contributed by atoms with Crippen molar-refractivity contribution in [2.75, 3.05) is 23.0 Å². The first kappa shape index (κ1) is 15.9. The first-order chi connectivity index (χ1) is 10.4. The zero-order chi connectivity index (χ0) is 15.9. The summed E-state index contributed by atoms with van der Waals surface area (Å²) in [5.41, 5.74) is 1.19. The molecule has 0 aliphatic carbocycles. The lowest BCUT2D eigenvalue weighted by atomic mass is 9.98. The summed E-state index contributed by atoms with van der Waals surface area (Å²) in [7, 11) is -2.98. The standard InChI is InChI=1S/C15H17BrFNO3S/c16-11-7-13(17)12-2-1-4-18(14(12)8-11)15(19)6-10-3-5-22(20,21)9-10/h7-8,10H,1-6,9H2. The Labute approximate surface area is 137 Å². The molecule has 0 N–H and O–H groups in total. The van der Waals surface area contributed by atoms with Crippen LogP contribution in [0.1, 0.15) is 24.8 Å². The molecule has 120 valence electrons. The number of fused-ring (bicyclic) bond motifs is 1. The van der Waals surface area contributed by atoms with Crippen molar-refractivity contribution in [3.63, 3.8) is 0 Å². The van der Waals surface area contributed by atoms with Gasteiger partial charge in [-0.25, -0.2) is 12.8 Å². The van der Waals surface area contributed by atoms with E-state index >= 15 is 0 Å².